The summed E-state index contributed by atoms with van der Waals surface area (Å²) in [6, 6.07) is 0. The van der Waals surface area contributed by atoms with E-state index in [1.807, 2.05) is 10.8 Å². The summed E-state index contributed by atoms with van der Waals surface area (Å²) in [4.78, 5) is 3.97. The Labute approximate surface area is 115 Å². The Morgan fingerprint density at radius 2 is 1.79 bits per heavy atom. The predicted molar refractivity (Wildman–Crippen MR) is 76.4 cm³/mol. The monoisotopic (exact) mass is 288 g/mol. The minimum Gasteiger partial charge on any atom is -0.337 e. The van der Waals surface area contributed by atoms with Gasteiger partial charge in [-0.1, -0.05) is 26.7 Å². The van der Waals surface area contributed by atoms with Crippen molar-refractivity contribution in [2.75, 3.05) is 19.4 Å². The van der Waals surface area contributed by atoms with E-state index >= 15 is 0 Å². The van der Waals surface area contributed by atoms with Crippen LogP contribution in [0.4, 0.5) is 0 Å². The fourth-order valence-electron chi connectivity index (χ4n) is 1.52. The number of unbranched alkanes of at least 4 members (excludes halogenated alkanes) is 2. The SMILES string of the molecule is CCCCOP(=O)(CCn1ccnc1)OCCCC. The van der Waals surface area contributed by atoms with Crippen LogP contribution < -0.4 is 0 Å². The van der Waals surface area contributed by atoms with Crippen molar-refractivity contribution < 1.29 is 13.6 Å². The Bertz CT molecular complexity index is 354. The quantitative estimate of drug-likeness (QED) is 0.460. The summed E-state index contributed by atoms with van der Waals surface area (Å²) in [6.07, 6.45) is 9.54. The van der Waals surface area contributed by atoms with Gasteiger partial charge in [0.1, 0.15) is 0 Å². The van der Waals surface area contributed by atoms with Crippen LogP contribution in [0.25, 0.3) is 0 Å². The van der Waals surface area contributed by atoms with Gasteiger partial charge in [0, 0.05) is 18.9 Å². The first-order valence-corrected chi connectivity index (χ1v) is 8.77. The van der Waals surface area contributed by atoms with E-state index < -0.39 is 7.60 Å². The normalized spacial score (nSPS) is 11.9. The highest BCUT2D eigenvalue weighted by Gasteiger charge is 2.24. The molecule has 0 aliphatic carbocycles. The minimum atomic E-state index is -2.97. The lowest BCUT2D eigenvalue weighted by atomic mass is 10.4. The summed E-state index contributed by atoms with van der Waals surface area (Å²) in [7, 11) is -2.97. The zero-order chi connectivity index (χ0) is 14.0. The van der Waals surface area contributed by atoms with E-state index in [2.05, 4.69) is 18.8 Å². The van der Waals surface area contributed by atoms with Crippen molar-refractivity contribution >= 4 is 7.60 Å². The molecule has 19 heavy (non-hydrogen) atoms. The van der Waals surface area contributed by atoms with Crippen LogP contribution in [-0.4, -0.2) is 28.9 Å². The molecule has 0 atom stereocenters. The molecule has 5 nitrogen and oxygen atoms in total. The third-order valence-corrected chi connectivity index (χ3v) is 4.66. The van der Waals surface area contributed by atoms with Crippen molar-refractivity contribution in [3.8, 4) is 0 Å². The Balaban J connectivity index is 2.44. The number of nitrogens with zero attached hydrogens (tertiary/aromatic N) is 2. The Kier molecular flexibility index (Phi) is 8.03. The molecule has 1 rings (SSSR count). The smallest absolute Gasteiger partial charge is 0.332 e. The average molecular weight is 288 g/mol. The molecule has 1 aromatic rings. The molecule has 0 fully saturated rings. The highest BCUT2D eigenvalue weighted by Crippen LogP contribution is 2.48. The molecule has 0 amide bonds. The van der Waals surface area contributed by atoms with E-state index in [1.165, 1.54) is 0 Å². The average Bonchev–Trinajstić information content (AvgIpc) is 2.91. The molecular weight excluding hydrogens is 263 g/mol. The lowest BCUT2D eigenvalue weighted by Crippen LogP contribution is -2.07. The van der Waals surface area contributed by atoms with Gasteiger partial charge in [-0.15, -0.1) is 0 Å². The van der Waals surface area contributed by atoms with Crippen molar-refractivity contribution in [2.24, 2.45) is 0 Å². The largest absolute Gasteiger partial charge is 0.337 e. The van der Waals surface area contributed by atoms with Crippen LogP contribution in [-0.2, 0) is 20.2 Å². The van der Waals surface area contributed by atoms with E-state index in [1.54, 1.807) is 12.5 Å². The molecule has 0 N–H and O–H groups in total. The molecule has 0 aromatic carbocycles. The van der Waals surface area contributed by atoms with Gasteiger partial charge in [0.2, 0.25) is 0 Å². The van der Waals surface area contributed by atoms with Gasteiger partial charge >= 0.3 is 7.60 Å². The Morgan fingerprint density at radius 1 is 1.16 bits per heavy atom. The summed E-state index contributed by atoms with van der Waals surface area (Å²) >= 11 is 0. The first-order valence-electron chi connectivity index (χ1n) is 7.04. The molecule has 0 radical (unpaired) electrons. The van der Waals surface area contributed by atoms with E-state index in [0.29, 0.717) is 25.9 Å². The second-order valence-corrected chi connectivity index (χ2v) is 6.69. The van der Waals surface area contributed by atoms with Gasteiger partial charge in [0.05, 0.1) is 25.7 Å². The molecule has 0 bridgehead atoms. The third-order valence-electron chi connectivity index (χ3n) is 2.76. The zero-order valence-electron chi connectivity index (χ0n) is 12.0. The maximum atomic E-state index is 12.6. The number of rotatable bonds is 11. The highest BCUT2D eigenvalue weighted by atomic mass is 31.2. The van der Waals surface area contributed by atoms with Crippen LogP contribution in [0.15, 0.2) is 18.7 Å². The summed E-state index contributed by atoms with van der Waals surface area (Å²) in [6.45, 7) is 5.78. The Hall–Kier alpha value is -0.640. The minimum absolute atomic E-state index is 0.400. The Morgan fingerprint density at radius 3 is 2.26 bits per heavy atom. The van der Waals surface area contributed by atoms with E-state index in [-0.39, 0.29) is 0 Å². The fourth-order valence-corrected chi connectivity index (χ4v) is 3.14. The van der Waals surface area contributed by atoms with Gasteiger partial charge in [-0.2, -0.15) is 0 Å². The lowest BCUT2D eigenvalue weighted by molar-refractivity contribution is 0.199. The molecule has 0 aliphatic heterocycles. The van der Waals surface area contributed by atoms with E-state index in [0.717, 1.165) is 25.7 Å². The van der Waals surface area contributed by atoms with Crippen molar-refractivity contribution in [3.63, 3.8) is 0 Å². The number of hydrogen-bond acceptors (Lipinski definition) is 4. The van der Waals surface area contributed by atoms with Crippen molar-refractivity contribution in [3.05, 3.63) is 18.7 Å². The molecule has 1 heterocycles. The first-order chi connectivity index (χ1) is 9.20. The fraction of sp³-hybridized carbons (Fsp3) is 0.769. The predicted octanol–water partition coefficient (Wildman–Crippen LogP) is 3.71. The first kappa shape index (κ1) is 16.4. The van der Waals surface area contributed by atoms with Crippen LogP contribution in [0.2, 0.25) is 0 Å². The topological polar surface area (TPSA) is 53.4 Å². The number of aromatic nitrogens is 2. The van der Waals surface area contributed by atoms with Crippen LogP contribution in [0.3, 0.4) is 0 Å². The zero-order valence-corrected chi connectivity index (χ0v) is 12.8. The summed E-state index contributed by atoms with van der Waals surface area (Å²) in [5, 5.41) is 0. The number of hydrogen-bond donors (Lipinski definition) is 0. The van der Waals surface area contributed by atoms with Gasteiger partial charge < -0.3 is 13.6 Å². The second kappa shape index (κ2) is 9.29. The summed E-state index contributed by atoms with van der Waals surface area (Å²) < 4.78 is 25.5. The van der Waals surface area contributed by atoms with Crippen molar-refractivity contribution in [1.82, 2.24) is 9.55 Å². The molecule has 0 unspecified atom stereocenters. The molecule has 0 spiro atoms. The molecule has 0 saturated heterocycles. The molecule has 0 saturated carbocycles. The maximum Gasteiger partial charge on any atom is 0.332 e. The van der Waals surface area contributed by atoms with E-state index in [4.69, 9.17) is 9.05 Å². The van der Waals surface area contributed by atoms with Gasteiger partial charge in [-0.3, -0.25) is 4.57 Å². The van der Waals surface area contributed by atoms with Crippen LogP contribution in [0.5, 0.6) is 0 Å². The van der Waals surface area contributed by atoms with Crippen molar-refractivity contribution in [1.29, 1.82) is 0 Å². The third kappa shape index (κ3) is 6.90. The van der Waals surface area contributed by atoms with Crippen LogP contribution in [0, 0.1) is 0 Å². The van der Waals surface area contributed by atoms with Crippen LogP contribution in [0.1, 0.15) is 39.5 Å². The second-order valence-electron chi connectivity index (χ2n) is 4.51. The lowest BCUT2D eigenvalue weighted by Gasteiger charge is -2.18. The number of imidazole rings is 1. The van der Waals surface area contributed by atoms with E-state index in [9.17, 15) is 4.57 Å². The maximum absolute atomic E-state index is 12.6. The highest BCUT2D eigenvalue weighted by molar-refractivity contribution is 7.53. The van der Waals surface area contributed by atoms with Gasteiger partial charge in [0.15, 0.2) is 0 Å². The summed E-state index contributed by atoms with van der Waals surface area (Å²) in [5.41, 5.74) is 0. The number of aryl methyl sites for hydroxylation is 1. The van der Waals surface area contributed by atoms with Gasteiger partial charge in [0.25, 0.3) is 0 Å². The van der Waals surface area contributed by atoms with Crippen LogP contribution >= 0.6 is 7.60 Å². The van der Waals surface area contributed by atoms with Crippen molar-refractivity contribution in [2.45, 2.75) is 46.1 Å². The molecule has 0 aliphatic rings. The molecule has 110 valence electrons. The van der Waals surface area contributed by atoms with Gasteiger partial charge in [-0.25, -0.2) is 4.98 Å². The molecule has 1 aromatic heterocycles. The van der Waals surface area contributed by atoms with Gasteiger partial charge in [-0.05, 0) is 12.8 Å². The molecular formula is C13H25N2O3P. The standard InChI is InChI=1S/C13H25N2O3P/c1-3-5-10-17-19(16,18-11-6-4-2)12-9-15-8-7-14-13-15/h7-8,13H,3-6,9-12H2,1-2H3. The molecule has 6 heteroatoms. The summed E-state index contributed by atoms with van der Waals surface area (Å²) in [5.74, 6) is 0.